The lowest BCUT2D eigenvalue weighted by molar-refractivity contribution is 0.603. The Hall–Kier alpha value is -3.54. The van der Waals surface area contributed by atoms with Gasteiger partial charge in [0.2, 0.25) is 0 Å². The lowest BCUT2D eigenvalue weighted by Crippen LogP contribution is -2.30. The first-order valence-corrected chi connectivity index (χ1v) is 8.97. The number of hydrogen-bond acceptors (Lipinski definition) is 4. The fourth-order valence-electron chi connectivity index (χ4n) is 3.50. The van der Waals surface area contributed by atoms with Gasteiger partial charge in [0.05, 0.1) is 0 Å². The number of H-pyrrole nitrogens is 1. The topological polar surface area (TPSA) is 103 Å². The van der Waals surface area contributed by atoms with Gasteiger partial charge in [0.25, 0.3) is 0 Å². The van der Waals surface area contributed by atoms with Crippen LogP contribution in [0.25, 0.3) is 33.1 Å². The Balaban J connectivity index is 1.55. The minimum atomic E-state index is -0.0647. The molecular formula is C21H19N5O. The Bertz CT molecular complexity index is 1210. The van der Waals surface area contributed by atoms with Crippen LogP contribution in [0, 0.1) is 5.41 Å². The predicted octanol–water partition coefficient (Wildman–Crippen LogP) is 3.61. The number of amidine groups is 2. The van der Waals surface area contributed by atoms with Crippen LogP contribution in [-0.4, -0.2) is 29.7 Å². The molecule has 0 spiro atoms. The van der Waals surface area contributed by atoms with Gasteiger partial charge in [-0.25, -0.2) is 0 Å². The van der Waals surface area contributed by atoms with Crippen molar-refractivity contribution in [2.45, 2.75) is 6.42 Å². The summed E-state index contributed by atoms with van der Waals surface area (Å²) < 4.78 is 5.58. The highest BCUT2D eigenvalue weighted by atomic mass is 16.3. The van der Waals surface area contributed by atoms with Crippen LogP contribution in [0.1, 0.15) is 17.7 Å². The molecule has 0 bridgehead atoms. The number of nitrogen functional groups attached to an aromatic ring is 1. The predicted molar refractivity (Wildman–Crippen MR) is 109 cm³/mol. The standard InChI is InChI=1S/C21H19N5O/c22-20(23)19-11-15-8-12(4-5-18(15)27-19)16-9-13-2-3-14(10-17(13)26-16)21-24-6-1-7-25-21/h2-5,8-11,26H,1,6-7H2,(H3,22,23)(H,24,25). The molecule has 2 aromatic carbocycles. The van der Waals surface area contributed by atoms with Crippen LogP contribution in [0.3, 0.4) is 0 Å². The number of aromatic amines is 1. The molecule has 6 nitrogen and oxygen atoms in total. The van der Waals surface area contributed by atoms with E-state index in [0.717, 1.165) is 64.0 Å². The number of aromatic nitrogens is 1. The highest BCUT2D eigenvalue weighted by molar-refractivity contribution is 6.02. The van der Waals surface area contributed by atoms with Crippen LogP contribution in [0.2, 0.25) is 0 Å². The Morgan fingerprint density at radius 1 is 1.04 bits per heavy atom. The molecule has 1 aliphatic rings. The normalized spacial score (nSPS) is 14.3. The number of hydrogen-bond donors (Lipinski definition) is 4. The smallest absolute Gasteiger partial charge is 0.169 e. The molecule has 4 aromatic rings. The summed E-state index contributed by atoms with van der Waals surface area (Å²) in [4.78, 5) is 8.08. The van der Waals surface area contributed by atoms with E-state index in [1.165, 1.54) is 0 Å². The minimum Gasteiger partial charge on any atom is -0.453 e. The lowest BCUT2D eigenvalue weighted by atomic mass is 10.1. The second-order valence-electron chi connectivity index (χ2n) is 6.77. The molecule has 134 valence electrons. The van der Waals surface area contributed by atoms with E-state index >= 15 is 0 Å². The molecule has 0 amide bonds. The first-order chi connectivity index (χ1) is 13.2. The van der Waals surface area contributed by atoms with Crippen LogP contribution in [-0.2, 0) is 0 Å². The number of aliphatic imine (C=N–C) groups is 1. The fraction of sp³-hybridized carbons (Fsp3) is 0.143. The third-order valence-corrected chi connectivity index (χ3v) is 4.89. The van der Waals surface area contributed by atoms with E-state index in [1.54, 1.807) is 6.07 Å². The summed E-state index contributed by atoms with van der Waals surface area (Å²) in [5, 5.41) is 13.0. The molecule has 0 saturated heterocycles. The number of fused-ring (bicyclic) bond motifs is 2. The van der Waals surface area contributed by atoms with Gasteiger partial charge in [0, 0.05) is 40.6 Å². The van der Waals surface area contributed by atoms with Crippen LogP contribution < -0.4 is 11.1 Å². The van der Waals surface area contributed by atoms with Crippen LogP contribution in [0.15, 0.2) is 57.9 Å². The number of benzene rings is 2. The van der Waals surface area contributed by atoms with Crippen molar-refractivity contribution in [2.24, 2.45) is 10.7 Å². The molecule has 0 atom stereocenters. The molecular weight excluding hydrogens is 338 g/mol. The van der Waals surface area contributed by atoms with Crippen LogP contribution in [0.5, 0.6) is 0 Å². The van der Waals surface area contributed by atoms with E-state index in [2.05, 4.69) is 39.6 Å². The molecule has 0 fully saturated rings. The molecule has 27 heavy (non-hydrogen) atoms. The summed E-state index contributed by atoms with van der Waals surface area (Å²) in [6.45, 7) is 1.85. The number of nitrogens with two attached hydrogens (primary N) is 1. The zero-order valence-corrected chi connectivity index (χ0v) is 14.7. The summed E-state index contributed by atoms with van der Waals surface area (Å²) in [6, 6.07) is 16.3. The SMILES string of the molecule is N=C(N)c1cc2cc(-c3cc4ccc(C5=NCCCN5)cc4[nH]3)ccc2o1. The van der Waals surface area contributed by atoms with E-state index in [9.17, 15) is 0 Å². The molecule has 1 aliphatic heterocycles. The minimum absolute atomic E-state index is 0.0647. The Labute approximate surface area is 155 Å². The summed E-state index contributed by atoms with van der Waals surface area (Å²) in [6.07, 6.45) is 1.08. The van der Waals surface area contributed by atoms with Crippen molar-refractivity contribution in [3.05, 3.63) is 59.9 Å². The number of rotatable bonds is 3. The summed E-state index contributed by atoms with van der Waals surface area (Å²) in [7, 11) is 0. The van der Waals surface area contributed by atoms with E-state index in [0.29, 0.717) is 5.76 Å². The van der Waals surface area contributed by atoms with Crippen LogP contribution in [0.4, 0.5) is 0 Å². The fourth-order valence-corrected chi connectivity index (χ4v) is 3.50. The van der Waals surface area contributed by atoms with Gasteiger partial charge >= 0.3 is 0 Å². The number of nitrogens with zero attached hydrogens (tertiary/aromatic N) is 1. The molecule has 2 aromatic heterocycles. The first-order valence-electron chi connectivity index (χ1n) is 8.97. The highest BCUT2D eigenvalue weighted by Crippen LogP contribution is 2.29. The van der Waals surface area contributed by atoms with E-state index in [-0.39, 0.29) is 5.84 Å². The van der Waals surface area contributed by atoms with Crippen molar-refractivity contribution >= 4 is 33.5 Å². The third-order valence-electron chi connectivity index (χ3n) is 4.89. The highest BCUT2D eigenvalue weighted by Gasteiger charge is 2.11. The van der Waals surface area contributed by atoms with Crippen molar-refractivity contribution in [3.63, 3.8) is 0 Å². The molecule has 5 rings (SSSR count). The van der Waals surface area contributed by atoms with Gasteiger partial charge in [-0.05, 0) is 48.4 Å². The maximum Gasteiger partial charge on any atom is 0.169 e. The van der Waals surface area contributed by atoms with Crippen LogP contribution >= 0.6 is 0 Å². The molecule has 6 heteroatoms. The summed E-state index contributed by atoms with van der Waals surface area (Å²) in [5.41, 5.74) is 10.5. The van der Waals surface area contributed by atoms with Gasteiger partial charge in [-0.15, -0.1) is 0 Å². The second-order valence-corrected chi connectivity index (χ2v) is 6.77. The van der Waals surface area contributed by atoms with Gasteiger partial charge < -0.3 is 20.5 Å². The largest absolute Gasteiger partial charge is 0.453 e. The molecule has 3 heterocycles. The molecule has 0 saturated carbocycles. The van der Waals surface area contributed by atoms with Crippen molar-refractivity contribution in [1.82, 2.24) is 10.3 Å². The van der Waals surface area contributed by atoms with Gasteiger partial charge in [-0.1, -0.05) is 12.1 Å². The zero-order valence-electron chi connectivity index (χ0n) is 14.7. The average Bonchev–Trinajstić information content (AvgIpc) is 3.31. The molecule has 0 aliphatic carbocycles. The zero-order chi connectivity index (χ0) is 18.4. The second kappa shape index (κ2) is 6.02. The van der Waals surface area contributed by atoms with Gasteiger partial charge in [0.1, 0.15) is 11.4 Å². The van der Waals surface area contributed by atoms with Crippen molar-refractivity contribution < 1.29 is 4.42 Å². The lowest BCUT2D eigenvalue weighted by Gasteiger charge is -2.14. The molecule has 0 unspecified atom stereocenters. The Morgan fingerprint density at radius 3 is 2.74 bits per heavy atom. The summed E-state index contributed by atoms with van der Waals surface area (Å²) >= 11 is 0. The average molecular weight is 357 g/mol. The first kappa shape index (κ1) is 15.7. The van der Waals surface area contributed by atoms with E-state index in [4.69, 9.17) is 15.6 Å². The van der Waals surface area contributed by atoms with Crippen molar-refractivity contribution in [3.8, 4) is 11.3 Å². The van der Waals surface area contributed by atoms with E-state index in [1.807, 2.05) is 18.2 Å². The van der Waals surface area contributed by atoms with Crippen molar-refractivity contribution in [2.75, 3.05) is 13.1 Å². The Kier molecular flexibility index (Phi) is 3.50. The maximum atomic E-state index is 7.53. The number of furan rings is 1. The van der Waals surface area contributed by atoms with E-state index < -0.39 is 0 Å². The van der Waals surface area contributed by atoms with Gasteiger partial charge in [-0.3, -0.25) is 10.4 Å². The van der Waals surface area contributed by atoms with Gasteiger partial charge in [-0.2, -0.15) is 0 Å². The van der Waals surface area contributed by atoms with Crippen molar-refractivity contribution in [1.29, 1.82) is 5.41 Å². The summed E-state index contributed by atoms with van der Waals surface area (Å²) in [5.74, 6) is 1.30. The van der Waals surface area contributed by atoms with Gasteiger partial charge in [0.15, 0.2) is 11.6 Å². The molecule has 0 radical (unpaired) electrons. The number of nitrogens with one attached hydrogen (secondary N) is 3. The quantitative estimate of drug-likeness (QED) is 0.333. The Morgan fingerprint density at radius 2 is 1.93 bits per heavy atom. The third kappa shape index (κ3) is 2.75. The molecule has 5 N–H and O–H groups in total. The maximum absolute atomic E-state index is 7.53. The monoisotopic (exact) mass is 357 g/mol.